The minimum absolute atomic E-state index is 0.241. The summed E-state index contributed by atoms with van der Waals surface area (Å²) in [5.41, 5.74) is 0.806. The summed E-state index contributed by atoms with van der Waals surface area (Å²) in [7, 11) is 0. The molecule has 2 aliphatic rings. The SMILES string of the molecule is c1ccc(C(OC2CCCCO2)c2nsc(N3CCN(c4ccccn4)CC3)n2)nc1. The highest BCUT2D eigenvalue weighted by Gasteiger charge is 2.28. The average Bonchev–Trinajstić information content (AvgIpc) is 3.34. The second kappa shape index (κ2) is 9.67. The van der Waals surface area contributed by atoms with Crippen LogP contribution in [0.2, 0.25) is 0 Å². The summed E-state index contributed by atoms with van der Waals surface area (Å²) in [6.07, 6.45) is 6.02. The zero-order valence-electron chi connectivity index (χ0n) is 17.3. The molecular formula is C22H26N6O2S. The number of pyridine rings is 2. The molecule has 0 amide bonds. The standard InChI is InChI=1S/C22H26N6O2S/c1-4-10-23-17(7-1)20(30-19-9-3-6-16-29-19)21-25-22(31-26-21)28-14-12-27(13-15-28)18-8-2-5-11-24-18/h1-2,4-5,7-8,10-11,19-20H,3,6,9,12-16H2. The first-order chi connectivity index (χ1) is 15.4. The van der Waals surface area contributed by atoms with Crippen molar-refractivity contribution < 1.29 is 9.47 Å². The van der Waals surface area contributed by atoms with Gasteiger partial charge in [-0.3, -0.25) is 4.98 Å². The first-order valence-corrected chi connectivity index (χ1v) is 11.6. The van der Waals surface area contributed by atoms with E-state index in [1.807, 2.05) is 36.5 Å². The van der Waals surface area contributed by atoms with Gasteiger partial charge in [-0.05, 0) is 43.5 Å². The van der Waals surface area contributed by atoms with E-state index in [4.69, 9.17) is 14.5 Å². The van der Waals surface area contributed by atoms with Gasteiger partial charge in [0.15, 0.2) is 18.2 Å². The van der Waals surface area contributed by atoms with Crippen LogP contribution in [0.3, 0.4) is 0 Å². The molecular weight excluding hydrogens is 412 g/mol. The highest BCUT2D eigenvalue weighted by molar-refractivity contribution is 7.09. The molecule has 0 saturated carbocycles. The van der Waals surface area contributed by atoms with Crippen molar-refractivity contribution in [2.45, 2.75) is 31.7 Å². The minimum Gasteiger partial charge on any atom is -0.353 e. The maximum Gasteiger partial charge on any atom is 0.205 e. The zero-order valence-corrected chi connectivity index (χ0v) is 18.2. The lowest BCUT2D eigenvalue weighted by molar-refractivity contribution is -0.183. The molecule has 31 heavy (non-hydrogen) atoms. The molecule has 0 radical (unpaired) electrons. The number of anilines is 2. The molecule has 0 aliphatic carbocycles. The van der Waals surface area contributed by atoms with Crippen molar-refractivity contribution in [3.63, 3.8) is 0 Å². The fourth-order valence-electron chi connectivity index (χ4n) is 3.89. The Hall–Kier alpha value is -2.62. The smallest absolute Gasteiger partial charge is 0.205 e. The molecule has 8 nitrogen and oxygen atoms in total. The topological polar surface area (TPSA) is 76.5 Å². The van der Waals surface area contributed by atoms with Crippen LogP contribution in [0.1, 0.15) is 36.9 Å². The molecule has 5 heterocycles. The molecule has 0 spiro atoms. The number of rotatable bonds is 6. The van der Waals surface area contributed by atoms with E-state index in [1.54, 1.807) is 6.20 Å². The van der Waals surface area contributed by atoms with Gasteiger partial charge in [0.1, 0.15) is 5.82 Å². The van der Waals surface area contributed by atoms with E-state index < -0.39 is 6.10 Å². The van der Waals surface area contributed by atoms with Crippen molar-refractivity contribution in [3.05, 3.63) is 60.3 Å². The van der Waals surface area contributed by atoms with Gasteiger partial charge in [0.25, 0.3) is 0 Å². The quantitative estimate of drug-likeness (QED) is 0.580. The molecule has 2 unspecified atom stereocenters. The molecule has 0 N–H and O–H groups in total. The normalized spacial score (nSPS) is 20.6. The number of hydrogen-bond acceptors (Lipinski definition) is 9. The second-order valence-corrected chi connectivity index (χ2v) is 8.39. The van der Waals surface area contributed by atoms with E-state index >= 15 is 0 Å². The Labute approximate surface area is 186 Å². The van der Waals surface area contributed by atoms with Gasteiger partial charge in [-0.1, -0.05) is 12.1 Å². The van der Waals surface area contributed by atoms with Crippen molar-refractivity contribution >= 4 is 22.5 Å². The van der Waals surface area contributed by atoms with Crippen LogP contribution in [0.4, 0.5) is 10.9 Å². The van der Waals surface area contributed by atoms with Crippen molar-refractivity contribution in [1.82, 2.24) is 19.3 Å². The van der Waals surface area contributed by atoms with Crippen molar-refractivity contribution in [2.24, 2.45) is 0 Å². The van der Waals surface area contributed by atoms with Crippen LogP contribution in [0, 0.1) is 0 Å². The molecule has 2 atom stereocenters. The van der Waals surface area contributed by atoms with Crippen molar-refractivity contribution in [1.29, 1.82) is 0 Å². The summed E-state index contributed by atoms with van der Waals surface area (Å²) in [5.74, 6) is 1.68. The second-order valence-electron chi connectivity index (χ2n) is 7.66. The number of aromatic nitrogens is 4. The summed E-state index contributed by atoms with van der Waals surface area (Å²) < 4.78 is 16.8. The highest BCUT2D eigenvalue weighted by atomic mass is 32.1. The molecule has 0 aromatic carbocycles. The van der Waals surface area contributed by atoms with E-state index in [2.05, 4.69) is 30.2 Å². The molecule has 2 fully saturated rings. The van der Waals surface area contributed by atoms with Gasteiger partial charge >= 0.3 is 0 Å². The van der Waals surface area contributed by atoms with E-state index in [0.717, 1.165) is 68.7 Å². The lowest BCUT2D eigenvalue weighted by Gasteiger charge is -2.35. The lowest BCUT2D eigenvalue weighted by atomic mass is 10.2. The van der Waals surface area contributed by atoms with Crippen molar-refractivity contribution in [2.75, 3.05) is 42.6 Å². The third-order valence-corrected chi connectivity index (χ3v) is 6.36. The Balaban J connectivity index is 1.29. The number of nitrogens with zero attached hydrogens (tertiary/aromatic N) is 6. The highest BCUT2D eigenvalue weighted by Crippen LogP contribution is 2.30. The largest absolute Gasteiger partial charge is 0.353 e. The van der Waals surface area contributed by atoms with E-state index in [0.29, 0.717) is 5.82 Å². The van der Waals surface area contributed by atoms with Crippen LogP contribution < -0.4 is 9.80 Å². The predicted molar refractivity (Wildman–Crippen MR) is 119 cm³/mol. The van der Waals surface area contributed by atoms with Crippen LogP contribution in [-0.2, 0) is 9.47 Å². The van der Waals surface area contributed by atoms with Gasteiger partial charge in [0.05, 0.1) is 5.69 Å². The molecule has 3 aromatic heterocycles. The van der Waals surface area contributed by atoms with Gasteiger partial charge in [-0.15, -0.1) is 0 Å². The average molecular weight is 439 g/mol. The van der Waals surface area contributed by atoms with E-state index in [1.165, 1.54) is 11.5 Å². The summed E-state index contributed by atoms with van der Waals surface area (Å²) in [5, 5.41) is 0.921. The van der Waals surface area contributed by atoms with Gasteiger partial charge in [0, 0.05) is 56.7 Å². The minimum atomic E-state index is -0.427. The summed E-state index contributed by atoms with van der Waals surface area (Å²) >= 11 is 1.42. The molecule has 2 aliphatic heterocycles. The maximum atomic E-state index is 6.30. The van der Waals surface area contributed by atoms with Crippen LogP contribution >= 0.6 is 11.5 Å². The van der Waals surface area contributed by atoms with E-state index in [9.17, 15) is 0 Å². The Bertz CT molecular complexity index is 943. The Morgan fingerprint density at radius 2 is 1.77 bits per heavy atom. The number of piperazine rings is 1. The number of ether oxygens (including phenoxy) is 2. The zero-order chi connectivity index (χ0) is 20.9. The molecule has 162 valence electrons. The van der Waals surface area contributed by atoms with Gasteiger partial charge in [0.2, 0.25) is 5.13 Å². The molecule has 9 heteroatoms. The molecule has 5 rings (SSSR count). The fraction of sp³-hybridized carbons (Fsp3) is 0.455. The molecule has 3 aromatic rings. The van der Waals surface area contributed by atoms with Crippen LogP contribution in [0.25, 0.3) is 0 Å². The monoisotopic (exact) mass is 438 g/mol. The van der Waals surface area contributed by atoms with Gasteiger partial charge in [-0.25, -0.2) is 9.97 Å². The van der Waals surface area contributed by atoms with Gasteiger partial charge < -0.3 is 19.3 Å². The Morgan fingerprint density at radius 3 is 2.48 bits per heavy atom. The lowest BCUT2D eigenvalue weighted by Crippen LogP contribution is -2.46. The summed E-state index contributed by atoms with van der Waals surface area (Å²) in [4.78, 5) is 18.4. The van der Waals surface area contributed by atoms with E-state index in [-0.39, 0.29) is 6.29 Å². The Kier molecular flexibility index (Phi) is 6.33. The van der Waals surface area contributed by atoms with Gasteiger partial charge in [-0.2, -0.15) is 4.37 Å². The van der Waals surface area contributed by atoms with Crippen molar-refractivity contribution in [3.8, 4) is 0 Å². The van der Waals surface area contributed by atoms with Crippen LogP contribution in [0.5, 0.6) is 0 Å². The van der Waals surface area contributed by atoms with Crippen LogP contribution in [-0.4, -0.2) is 58.4 Å². The third-order valence-electron chi connectivity index (χ3n) is 5.57. The molecule has 0 bridgehead atoms. The summed E-state index contributed by atoms with van der Waals surface area (Å²) in [6, 6.07) is 11.9. The van der Waals surface area contributed by atoms with Crippen LogP contribution in [0.15, 0.2) is 48.8 Å². The number of hydrogen-bond donors (Lipinski definition) is 0. The summed E-state index contributed by atoms with van der Waals surface area (Å²) in [6.45, 7) is 4.30. The fourth-order valence-corrected chi connectivity index (χ4v) is 4.64. The molecule has 2 saturated heterocycles. The first kappa shape index (κ1) is 20.3. The Morgan fingerprint density at radius 1 is 0.968 bits per heavy atom. The predicted octanol–water partition coefficient (Wildman–Crippen LogP) is 3.29. The maximum absolute atomic E-state index is 6.30. The first-order valence-electron chi connectivity index (χ1n) is 10.8. The third kappa shape index (κ3) is 4.84.